The van der Waals surface area contributed by atoms with Crippen molar-refractivity contribution < 1.29 is 17.9 Å². The van der Waals surface area contributed by atoms with Crippen molar-refractivity contribution in [3.8, 4) is 17.0 Å². The van der Waals surface area contributed by atoms with Crippen molar-refractivity contribution >= 4 is 17.5 Å². The third kappa shape index (κ3) is 5.06. The lowest BCUT2D eigenvalue weighted by molar-refractivity contribution is -0.274. The van der Waals surface area contributed by atoms with Crippen molar-refractivity contribution in [2.75, 3.05) is 17.2 Å². The highest BCUT2D eigenvalue weighted by Gasteiger charge is 2.32. The minimum Gasteiger partial charge on any atom is -0.404 e. The van der Waals surface area contributed by atoms with E-state index in [0.717, 1.165) is 5.56 Å². The van der Waals surface area contributed by atoms with Crippen LogP contribution in [0.4, 0.5) is 30.6 Å². The summed E-state index contributed by atoms with van der Waals surface area (Å²) in [5, 5.41) is 5.87. The van der Waals surface area contributed by atoms with Gasteiger partial charge >= 0.3 is 6.36 Å². The van der Waals surface area contributed by atoms with Gasteiger partial charge < -0.3 is 15.4 Å². The first-order valence-corrected chi connectivity index (χ1v) is 8.10. The van der Waals surface area contributed by atoms with E-state index >= 15 is 0 Å². The van der Waals surface area contributed by atoms with Crippen LogP contribution in [0.1, 0.15) is 6.92 Å². The quantitative estimate of drug-likeness (QED) is 0.655. The van der Waals surface area contributed by atoms with Crippen LogP contribution in [0.2, 0.25) is 0 Å². The first kappa shape index (κ1) is 18.4. The van der Waals surface area contributed by atoms with Gasteiger partial charge in [-0.1, -0.05) is 12.1 Å². The lowest BCUT2D eigenvalue weighted by Crippen LogP contribution is -2.18. The summed E-state index contributed by atoms with van der Waals surface area (Å²) >= 11 is 0. The molecule has 6 nitrogen and oxygen atoms in total. The van der Waals surface area contributed by atoms with Crippen LogP contribution < -0.4 is 15.4 Å². The molecule has 0 unspecified atom stereocenters. The van der Waals surface area contributed by atoms with Gasteiger partial charge in [0.1, 0.15) is 5.82 Å². The predicted molar refractivity (Wildman–Crippen MR) is 95.8 cm³/mol. The summed E-state index contributed by atoms with van der Waals surface area (Å²) < 4.78 is 41.9. The van der Waals surface area contributed by atoms with Crippen molar-refractivity contribution in [1.82, 2.24) is 15.0 Å². The lowest BCUT2D eigenvalue weighted by atomic mass is 10.2. The maximum absolute atomic E-state index is 12.6. The zero-order chi connectivity index (χ0) is 19.3. The Morgan fingerprint density at radius 2 is 1.89 bits per heavy atom. The lowest BCUT2D eigenvalue weighted by Gasteiger charge is -2.15. The molecule has 0 fully saturated rings. The van der Waals surface area contributed by atoms with Crippen LogP contribution in [0.3, 0.4) is 0 Å². The van der Waals surface area contributed by atoms with E-state index in [0.29, 0.717) is 24.0 Å². The number of anilines is 3. The number of pyridine rings is 1. The van der Waals surface area contributed by atoms with Crippen LogP contribution in [0.15, 0.2) is 54.9 Å². The number of nitrogens with one attached hydrogen (secondary N) is 2. The van der Waals surface area contributed by atoms with E-state index in [1.54, 1.807) is 30.6 Å². The summed E-state index contributed by atoms with van der Waals surface area (Å²) in [6.07, 6.45) is -1.51. The predicted octanol–water partition coefficient (Wildman–Crippen LogP) is 4.61. The molecule has 0 radical (unpaired) electrons. The fraction of sp³-hybridized carbons (Fsp3) is 0.167. The zero-order valence-corrected chi connectivity index (χ0v) is 14.3. The summed E-state index contributed by atoms with van der Waals surface area (Å²) in [4.78, 5) is 12.8. The molecule has 0 aliphatic heterocycles. The maximum atomic E-state index is 12.6. The van der Waals surface area contributed by atoms with Gasteiger partial charge in [0.25, 0.3) is 0 Å². The number of nitrogens with zero attached hydrogens (tertiary/aromatic N) is 3. The summed E-state index contributed by atoms with van der Waals surface area (Å²) in [5.74, 6) is 0.310. The molecule has 140 valence electrons. The second-order valence-electron chi connectivity index (χ2n) is 5.40. The second-order valence-corrected chi connectivity index (χ2v) is 5.40. The second kappa shape index (κ2) is 7.90. The average molecular weight is 375 g/mol. The van der Waals surface area contributed by atoms with Crippen molar-refractivity contribution in [2.45, 2.75) is 13.3 Å². The van der Waals surface area contributed by atoms with Gasteiger partial charge in [0, 0.05) is 30.6 Å². The third-order valence-electron chi connectivity index (χ3n) is 3.39. The molecule has 1 aromatic carbocycles. The number of alkyl halides is 3. The molecule has 27 heavy (non-hydrogen) atoms. The van der Waals surface area contributed by atoms with E-state index < -0.39 is 6.36 Å². The van der Waals surface area contributed by atoms with Gasteiger partial charge in [-0.3, -0.25) is 4.98 Å². The van der Waals surface area contributed by atoms with E-state index in [9.17, 15) is 13.2 Å². The SMILES string of the molecule is CCNc1nc(Nc2ccccc2OC(F)(F)F)cc(-c2cccnc2)n1. The molecule has 3 rings (SSSR count). The van der Waals surface area contributed by atoms with Gasteiger partial charge in [0.05, 0.1) is 11.4 Å². The molecule has 0 spiro atoms. The van der Waals surface area contributed by atoms with Gasteiger partial charge in [0.15, 0.2) is 5.75 Å². The number of halogens is 3. The Balaban J connectivity index is 1.96. The van der Waals surface area contributed by atoms with E-state index in [-0.39, 0.29) is 11.4 Å². The summed E-state index contributed by atoms with van der Waals surface area (Å²) in [6, 6.07) is 11.0. The average Bonchev–Trinajstić information content (AvgIpc) is 2.63. The smallest absolute Gasteiger partial charge is 0.404 e. The fourth-order valence-corrected chi connectivity index (χ4v) is 2.33. The Morgan fingerprint density at radius 3 is 2.59 bits per heavy atom. The van der Waals surface area contributed by atoms with Crippen molar-refractivity contribution in [3.05, 3.63) is 54.9 Å². The molecule has 2 heterocycles. The first-order chi connectivity index (χ1) is 12.9. The van der Waals surface area contributed by atoms with Gasteiger partial charge in [-0.15, -0.1) is 13.2 Å². The van der Waals surface area contributed by atoms with Crippen LogP contribution in [-0.2, 0) is 0 Å². The molecule has 2 N–H and O–H groups in total. The van der Waals surface area contributed by atoms with Crippen LogP contribution in [-0.4, -0.2) is 27.9 Å². The van der Waals surface area contributed by atoms with Crippen molar-refractivity contribution in [2.24, 2.45) is 0 Å². The zero-order valence-electron chi connectivity index (χ0n) is 14.3. The number of benzene rings is 1. The fourth-order valence-electron chi connectivity index (χ4n) is 2.33. The van der Waals surface area contributed by atoms with Gasteiger partial charge in [-0.2, -0.15) is 4.98 Å². The molecular weight excluding hydrogens is 359 g/mol. The van der Waals surface area contributed by atoms with E-state index in [1.807, 2.05) is 13.0 Å². The molecule has 0 saturated carbocycles. The maximum Gasteiger partial charge on any atom is 0.573 e. The molecular formula is C18H16F3N5O. The Labute approximate surface area is 153 Å². The molecule has 3 aromatic rings. The Bertz CT molecular complexity index is 903. The summed E-state index contributed by atoms with van der Waals surface area (Å²) in [6.45, 7) is 2.48. The normalized spacial score (nSPS) is 11.1. The monoisotopic (exact) mass is 375 g/mol. The highest BCUT2D eigenvalue weighted by atomic mass is 19.4. The Kier molecular flexibility index (Phi) is 5.39. The number of hydrogen-bond acceptors (Lipinski definition) is 6. The molecule has 9 heteroatoms. The molecule has 0 amide bonds. The van der Waals surface area contributed by atoms with E-state index in [1.165, 1.54) is 18.2 Å². The van der Waals surface area contributed by atoms with Gasteiger partial charge in [-0.05, 0) is 31.2 Å². The Hall–Kier alpha value is -3.36. The van der Waals surface area contributed by atoms with E-state index in [4.69, 9.17) is 0 Å². The third-order valence-corrected chi connectivity index (χ3v) is 3.39. The van der Waals surface area contributed by atoms with Crippen LogP contribution in [0.25, 0.3) is 11.3 Å². The molecule has 0 aliphatic rings. The molecule has 0 bridgehead atoms. The topological polar surface area (TPSA) is 72.0 Å². The summed E-state index contributed by atoms with van der Waals surface area (Å²) in [5.41, 5.74) is 1.46. The number of hydrogen-bond donors (Lipinski definition) is 2. The highest BCUT2D eigenvalue weighted by Crippen LogP contribution is 2.32. The van der Waals surface area contributed by atoms with Crippen molar-refractivity contribution in [3.63, 3.8) is 0 Å². The minimum atomic E-state index is -4.79. The van der Waals surface area contributed by atoms with Crippen LogP contribution in [0.5, 0.6) is 5.75 Å². The first-order valence-electron chi connectivity index (χ1n) is 8.10. The van der Waals surface area contributed by atoms with Crippen LogP contribution >= 0.6 is 0 Å². The minimum absolute atomic E-state index is 0.133. The molecule has 2 aromatic heterocycles. The molecule has 0 atom stereocenters. The standard InChI is InChI=1S/C18H16F3N5O/c1-2-23-17-25-14(12-6-5-9-22-11-12)10-16(26-17)24-13-7-3-4-8-15(13)27-18(19,20)21/h3-11H,2H2,1H3,(H2,23,24,25,26). The van der Waals surface area contributed by atoms with Crippen LogP contribution in [0, 0.1) is 0 Å². The summed E-state index contributed by atoms with van der Waals surface area (Å²) in [7, 11) is 0. The number of ether oxygens (including phenoxy) is 1. The Morgan fingerprint density at radius 1 is 1.07 bits per heavy atom. The highest BCUT2D eigenvalue weighted by molar-refractivity contribution is 5.69. The number of aromatic nitrogens is 3. The number of para-hydroxylation sites is 2. The van der Waals surface area contributed by atoms with Gasteiger partial charge in [-0.25, -0.2) is 4.98 Å². The van der Waals surface area contributed by atoms with E-state index in [2.05, 4.69) is 30.3 Å². The van der Waals surface area contributed by atoms with Crippen molar-refractivity contribution in [1.29, 1.82) is 0 Å². The molecule has 0 saturated heterocycles. The van der Waals surface area contributed by atoms with Gasteiger partial charge in [0.2, 0.25) is 5.95 Å². The number of rotatable bonds is 6. The largest absolute Gasteiger partial charge is 0.573 e. The molecule has 0 aliphatic carbocycles.